The number of alkyl halides is 3. The number of halogens is 3. The Morgan fingerprint density at radius 1 is 1.33 bits per heavy atom. The third kappa shape index (κ3) is 3.97. The van der Waals surface area contributed by atoms with Crippen LogP contribution in [0.3, 0.4) is 0 Å². The molecule has 2 N–H and O–H groups in total. The quantitative estimate of drug-likeness (QED) is 0.793. The van der Waals surface area contributed by atoms with Gasteiger partial charge in [-0.05, 0) is 37.8 Å². The van der Waals surface area contributed by atoms with Crippen LogP contribution in [0.5, 0.6) is 0 Å². The number of rotatable bonds is 5. The van der Waals surface area contributed by atoms with E-state index in [-0.39, 0.29) is 16.3 Å². The smallest absolute Gasteiger partial charge is 0.416 e. The predicted octanol–water partition coefficient (Wildman–Crippen LogP) is 4.15. The third-order valence-corrected chi connectivity index (χ3v) is 5.86. The number of nitrogens with zero attached hydrogens (tertiary/aromatic N) is 1. The minimum Gasteiger partial charge on any atom is -0.477 e. The zero-order valence-electron chi connectivity index (χ0n) is 14.5. The summed E-state index contributed by atoms with van der Waals surface area (Å²) in [5, 5.41) is 12.3. The van der Waals surface area contributed by atoms with E-state index in [4.69, 9.17) is 5.11 Å². The van der Waals surface area contributed by atoms with Gasteiger partial charge in [0.05, 0.1) is 17.3 Å². The molecule has 3 unspecified atom stereocenters. The molecule has 1 aromatic heterocycles. The summed E-state index contributed by atoms with van der Waals surface area (Å²) in [6.07, 6.45) is -4.11. The maximum Gasteiger partial charge on any atom is 0.416 e. The van der Waals surface area contributed by atoms with Crippen LogP contribution >= 0.6 is 11.3 Å². The minimum atomic E-state index is -4.46. The summed E-state index contributed by atoms with van der Waals surface area (Å²) in [5.41, 5.74) is -0.206. The van der Waals surface area contributed by atoms with Gasteiger partial charge in [0.25, 0.3) is 0 Å². The molecule has 1 saturated carbocycles. The molecule has 5 nitrogen and oxygen atoms in total. The van der Waals surface area contributed by atoms with Crippen LogP contribution in [0.1, 0.15) is 56.8 Å². The lowest BCUT2D eigenvalue weighted by molar-refractivity contribution is -0.138. The highest BCUT2D eigenvalue weighted by Crippen LogP contribution is 2.51. The Kier molecular flexibility index (Phi) is 4.98. The highest BCUT2D eigenvalue weighted by molar-refractivity contribution is 7.13. The average molecular weight is 398 g/mol. The summed E-state index contributed by atoms with van der Waals surface area (Å²) in [5.74, 6) is -2.44. The van der Waals surface area contributed by atoms with E-state index in [1.54, 1.807) is 13.8 Å². The molecule has 144 valence electrons. The minimum absolute atomic E-state index is 0.106. The number of nitrogens with one attached hydrogen (secondary N) is 1. The van der Waals surface area contributed by atoms with Crippen molar-refractivity contribution in [2.75, 3.05) is 0 Å². The van der Waals surface area contributed by atoms with Crippen LogP contribution in [-0.4, -0.2) is 22.0 Å². The second-order valence-corrected chi connectivity index (χ2v) is 7.57. The van der Waals surface area contributed by atoms with Crippen molar-refractivity contribution in [3.8, 4) is 0 Å². The number of thiazole rings is 1. The van der Waals surface area contributed by atoms with E-state index in [9.17, 15) is 22.8 Å². The highest BCUT2D eigenvalue weighted by atomic mass is 32.1. The van der Waals surface area contributed by atoms with Gasteiger partial charge in [-0.2, -0.15) is 13.2 Å². The zero-order chi connectivity index (χ0) is 19.9. The van der Waals surface area contributed by atoms with E-state index in [0.717, 1.165) is 17.4 Å². The van der Waals surface area contributed by atoms with Crippen molar-refractivity contribution in [1.29, 1.82) is 0 Å². The standard InChI is InChI=1S/C18H17F3N2O3S/c1-8-14(17(25)26)27-16(23-8)9(2)22-15(24)12-7-11(12)10-5-3-4-6-13(10)18(19,20)21/h3-6,9,11-12H,7H2,1-2H3,(H,22,24)(H,25,26). The monoisotopic (exact) mass is 398 g/mol. The van der Waals surface area contributed by atoms with Crippen LogP contribution < -0.4 is 5.32 Å². The van der Waals surface area contributed by atoms with Gasteiger partial charge in [-0.3, -0.25) is 4.79 Å². The molecule has 0 radical (unpaired) electrons. The Morgan fingerprint density at radius 2 is 2.00 bits per heavy atom. The van der Waals surface area contributed by atoms with Crippen molar-refractivity contribution < 1.29 is 27.9 Å². The molecular formula is C18H17F3N2O3S. The molecule has 1 amide bonds. The maximum atomic E-state index is 13.1. The van der Waals surface area contributed by atoms with Gasteiger partial charge >= 0.3 is 12.1 Å². The summed E-state index contributed by atoms with van der Waals surface area (Å²) >= 11 is 0.979. The lowest BCUT2D eigenvalue weighted by atomic mass is 10.0. The Morgan fingerprint density at radius 3 is 2.59 bits per heavy atom. The van der Waals surface area contributed by atoms with E-state index in [1.807, 2.05) is 0 Å². The topological polar surface area (TPSA) is 79.3 Å². The summed E-state index contributed by atoms with van der Waals surface area (Å²) in [6.45, 7) is 3.24. The SMILES string of the molecule is Cc1nc(C(C)NC(=O)C2CC2c2ccccc2C(F)(F)F)sc1C(=O)O. The van der Waals surface area contributed by atoms with Gasteiger partial charge in [-0.15, -0.1) is 11.3 Å². The molecule has 2 aromatic rings. The van der Waals surface area contributed by atoms with Gasteiger partial charge in [-0.25, -0.2) is 9.78 Å². The molecule has 27 heavy (non-hydrogen) atoms. The Balaban J connectivity index is 1.69. The molecule has 1 aromatic carbocycles. The Labute approximate surface area is 157 Å². The average Bonchev–Trinajstić information content (AvgIpc) is 3.29. The summed E-state index contributed by atoms with van der Waals surface area (Å²) in [4.78, 5) is 27.8. The van der Waals surface area contributed by atoms with E-state index < -0.39 is 35.6 Å². The molecule has 3 atom stereocenters. The van der Waals surface area contributed by atoms with Crippen molar-refractivity contribution in [3.05, 3.63) is 51.0 Å². The van der Waals surface area contributed by atoms with Crippen molar-refractivity contribution in [2.45, 2.75) is 38.4 Å². The second kappa shape index (κ2) is 6.95. The number of aromatic nitrogens is 1. The fourth-order valence-electron chi connectivity index (χ4n) is 3.09. The molecule has 1 aliphatic rings. The lowest BCUT2D eigenvalue weighted by Gasteiger charge is -2.13. The van der Waals surface area contributed by atoms with Crippen molar-refractivity contribution >= 4 is 23.2 Å². The van der Waals surface area contributed by atoms with Crippen LogP contribution in [0.25, 0.3) is 0 Å². The van der Waals surface area contributed by atoms with Gasteiger partial charge in [0, 0.05) is 5.92 Å². The van der Waals surface area contributed by atoms with Crippen LogP contribution in [0, 0.1) is 12.8 Å². The number of carbonyl (C=O) groups excluding carboxylic acids is 1. The number of aromatic carboxylic acids is 1. The predicted molar refractivity (Wildman–Crippen MR) is 92.7 cm³/mol. The Hall–Kier alpha value is -2.42. The molecule has 0 saturated heterocycles. The normalized spacial score (nSPS) is 20.2. The summed E-state index contributed by atoms with van der Waals surface area (Å²) in [7, 11) is 0. The fourth-order valence-corrected chi connectivity index (χ4v) is 4.00. The molecule has 3 rings (SSSR count). The molecule has 9 heteroatoms. The van der Waals surface area contributed by atoms with E-state index in [0.29, 0.717) is 17.1 Å². The van der Waals surface area contributed by atoms with Gasteiger partial charge in [0.2, 0.25) is 5.91 Å². The third-order valence-electron chi connectivity index (χ3n) is 4.53. The molecule has 0 aliphatic heterocycles. The largest absolute Gasteiger partial charge is 0.477 e. The number of amides is 1. The number of aryl methyl sites for hydroxylation is 1. The molecule has 1 fully saturated rings. The number of carboxylic acids is 1. The molecule has 0 bridgehead atoms. The van der Waals surface area contributed by atoms with Gasteiger partial charge in [-0.1, -0.05) is 18.2 Å². The lowest BCUT2D eigenvalue weighted by Crippen LogP contribution is -2.28. The fraction of sp³-hybridized carbons (Fsp3) is 0.389. The van der Waals surface area contributed by atoms with Crippen LogP contribution in [0.4, 0.5) is 13.2 Å². The number of carboxylic acid groups (broad SMARTS) is 1. The number of carbonyl (C=O) groups is 2. The van der Waals surface area contributed by atoms with E-state index >= 15 is 0 Å². The number of hydrogen-bond acceptors (Lipinski definition) is 4. The molecular weight excluding hydrogens is 381 g/mol. The first-order chi connectivity index (χ1) is 12.6. The van der Waals surface area contributed by atoms with Crippen molar-refractivity contribution in [3.63, 3.8) is 0 Å². The van der Waals surface area contributed by atoms with E-state index in [2.05, 4.69) is 10.3 Å². The van der Waals surface area contributed by atoms with Crippen LogP contribution in [-0.2, 0) is 11.0 Å². The zero-order valence-corrected chi connectivity index (χ0v) is 15.3. The highest BCUT2D eigenvalue weighted by Gasteiger charge is 2.48. The van der Waals surface area contributed by atoms with Crippen molar-refractivity contribution in [2.24, 2.45) is 5.92 Å². The van der Waals surface area contributed by atoms with Gasteiger partial charge in [0.15, 0.2) is 0 Å². The maximum absolute atomic E-state index is 13.1. The van der Waals surface area contributed by atoms with Gasteiger partial charge in [0.1, 0.15) is 9.88 Å². The van der Waals surface area contributed by atoms with Crippen LogP contribution in [0.2, 0.25) is 0 Å². The molecule has 1 aliphatic carbocycles. The first-order valence-corrected chi connectivity index (χ1v) is 9.08. The van der Waals surface area contributed by atoms with Gasteiger partial charge < -0.3 is 10.4 Å². The Bertz CT molecular complexity index is 894. The second-order valence-electron chi connectivity index (χ2n) is 6.54. The molecule has 0 spiro atoms. The van der Waals surface area contributed by atoms with E-state index in [1.165, 1.54) is 18.2 Å². The summed E-state index contributed by atoms with van der Waals surface area (Å²) in [6, 6.07) is 4.78. The van der Waals surface area contributed by atoms with Crippen LogP contribution in [0.15, 0.2) is 24.3 Å². The number of hydrogen-bond donors (Lipinski definition) is 2. The number of benzene rings is 1. The summed E-state index contributed by atoms with van der Waals surface area (Å²) < 4.78 is 39.4. The molecule has 1 heterocycles. The first kappa shape index (κ1) is 19.3. The van der Waals surface area contributed by atoms with Crippen molar-refractivity contribution in [1.82, 2.24) is 10.3 Å². The first-order valence-electron chi connectivity index (χ1n) is 8.26.